The van der Waals surface area contributed by atoms with E-state index in [0.29, 0.717) is 44.0 Å². The van der Waals surface area contributed by atoms with Crippen LogP contribution in [-0.4, -0.2) is 47.9 Å². The molecular formula is C31H31N3O4. The van der Waals surface area contributed by atoms with Gasteiger partial charge in [0.05, 0.1) is 6.61 Å². The van der Waals surface area contributed by atoms with E-state index in [2.05, 4.69) is 17.1 Å². The number of rotatable bonds is 7. The van der Waals surface area contributed by atoms with Crippen molar-refractivity contribution in [2.75, 3.05) is 32.0 Å². The van der Waals surface area contributed by atoms with Crippen molar-refractivity contribution in [3.05, 3.63) is 89.3 Å². The fraction of sp³-hybridized carbons (Fsp3) is 0.258. The van der Waals surface area contributed by atoms with Crippen LogP contribution in [0.15, 0.2) is 71.3 Å². The summed E-state index contributed by atoms with van der Waals surface area (Å²) < 4.78 is 11.6. The van der Waals surface area contributed by atoms with Gasteiger partial charge in [-0.2, -0.15) is 0 Å². The second-order valence-corrected chi connectivity index (χ2v) is 9.58. The molecule has 0 saturated carbocycles. The molecule has 0 spiro atoms. The first kappa shape index (κ1) is 25.4. The van der Waals surface area contributed by atoms with E-state index in [1.807, 2.05) is 48.2 Å². The first-order valence-electron chi connectivity index (χ1n) is 12.9. The molecule has 7 nitrogen and oxygen atoms in total. The summed E-state index contributed by atoms with van der Waals surface area (Å²) in [4.78, 5) is 31.1. The Morgan fingerprint density at radius 3 is 2.66 bits per heavy atom. The van der Waals surface area contributed by atoms with E-state index in [0.717, 1.165) is 51.9 Å². The van der Waals surface area contributed by atoms with E-state index in [1.165, 1.54) is 0 Å². The van der Waals surface area contributed by atoms with Crippen LogP contribution in [0.2, 0.25) is 0 Å². The number of hydrogen-bond acceptors (Lipinski definition) is 6. The molecule has 1 aliphatic heterocycles. The van der Waals surface area contributed by atoms with Crippen molar-refractivity contribution >= 4 is 34.6 Å². The molecule has 0 unspecified atom stereocenters. The highest BCUT2D eigenvalue weighted by atomic mass is 16.5. The monoisotopic (exact) mass is 509 g/mol. The number of hydrogen-bond donors (Lipinski definition) is 1. The molecule has 0 aliphatic carbocycles. The number of ketones is 1. The van der Waals surface area contributed by atoms with E-state index < -0.39 is 0 Å². The summed E-state index contributed by atoms with van der Waals surface area (Å²) in [6.45, 7) is 4.66. The number of pyridine rings is 1. The lowest BCUT2D eigenvalue weighted by Crippen LogP contribution is -2.33. The molecule has 194 valence electrons. The highest BCUT2D eigenvalue weighted by molar-refractivity contribution is 5.95. The van der Waals surface area contributed by atoms with Gasteiger partial charge in [-0.25, -0.2) is 4.98 Å². The number of furan rings is 1. The maximum atomic E-state index is 12.9. The maximum absolute atomic E-state index is 12.9. The van der Waals surface area contributed by atoms with Crippen molar-refractivity contribution in [1.82, 2.24) is 9.88 Å². The van der Waals surface area contributed by atoms with Crippen molar-refractivity contribution in [2.24, 2.45) is 0 Å². The third-order valence-electron chi connectivity index (χ3n) is 6.72. The van der Waals surface area contributed by atoms with E-state index in [4.69, 9.17) is 14.9 Å². The first-order chi connectivity index (χ1) is 18.5. The number of benzene rings is 2. The van der Waals surface area contributed by atoms with Gasteiger partial charge < -0.3 is 19.8 Å². The molecule has 38 heavy (non-hydrogen) atoms. The lowest BCUT2D eigenvalue weighted by atomic mass is 9.99. The minimum atomic E-state index is 0.0158. The fourth-order valence-electron chi connectivity index (χ4n) is 4.64. The minimum absolute atomic E-state index is 0.0158. The van der Waals surface area contributed by atoms with Gasteiger partial charge in [-0.15, -0.1) is 0 Å². The Morgan fingerprint density at radius 1 is 1.03 bits per heavy atom. The number of anilines is 1. The van der Waals surface area contributed by atoms with Crippen LogP contribution in [0.1, 0.15) is 40.1 Å². The lowest BCUT2D eigenvalue weighted by Gasteiger charge is -2.19. The van der Waals surface area contributed by atoms with Crippen LogP contribution in [0.25, 0.3) is 28.2 Å². The van der Waals surface area contributed by atoms with E-state index >= 15 is 0 Å². The number of nitrogens with zero attached hydrogens (tertiary/aromatic N) is 2. The highest BCUT2D eigenvalue weighted by Gasteiger charge is 2.18. The molecule has 2 aromatic heterocycles. The number of nitrogens with two attached hydrogens (primary N) is 1. The van der Waals surface area contributed by atoms with Gasteiger partial charge in [0.1, 0.15) is 17.2 Å². The zero-order chi connectivity index (χ0) is 26.5. The molecular weight excluding hydrogens is 478 g/mol. The molecule has 5 rings (SSSR count). The third-order valence-corrected chi connectivity index (χ3v) is 6.72. The van der Waals surface area contributed by atoms with Crippen LogP contribution in [0.4, 0.5) is 5.82 Å². The molecule has 3 heterocycles. The molecule has 2 aromatic carbocycles. The summed E-state index contributed by atoms with van der Waals surface area (Å²) in [6.07, 6.45) is 6.67. The summed E-state index contributed by atoms with van der Waals surface area (Å²) in [5.41, 5.74) is 11.1. The second-order valence-electron chi connectivity index (χ2n) is 9.58. The number of fused-ring (bicyclic) bond motifs is 1. The van der Waals surface area contributed by atoms with Gasteiger partial charge in [-0.1, -0.05) is 12.1 Å². The van der Waals surface area contributed by atoms with Crippen LogP contribution in [-0.2, 0) is 16.0 Å². The Labute approximate surface area is 221 Å². The average Bonchev–Trinajstić information content (AvgIpc) is 3.16. The van der Waals surface area contributed by atoms with Crippen LogP contribution >= 0.6 is 0 Å². The minimum Gasteiger partial charge on any atom is -0.461 e. The topological polar surface area (TPSA) is 98.7 Å². The van der Waals surface area contributed by atoms with Crippen LogP contribution in [0.3, 0.4) is 0 Å². The van der Waals surface area contributed by atoms with E-state index in [1.54, 1.807) is 24.4 Å². The summed E-state index contributed by atoms with van der Waals surface area (Å²) in [7, 11) is 0. The molecule has 1 aliphatic rings. The number of nitrogen functional groups attached to an aromatic ring is 1. The third kappa shape index (κ3) is 6.01. The molecule has 0 bridgehead atoms. The molecule has 1 amide bonds. The summed E-state index contributed by atoms with van der Waals surface area (Å²) in [5, 5.41) is 0.996. The normalized spacial score (nSPS) is 14.2. The molecule has 0 atom stereocenters. The highest BCUT2D eigenvalue weighted by Crippen LogP contribution is 2.30. The molecule has 7 heteroatoms. The largest absolute Gasteiger partial charge is 0.461 e. The Hall–Kier alpha value is -4.23. The van der Waals surface area contributed by atoms with Crippen molar-refractivity contribution < 1.29 is 18.7 Å². The summed E-state index contributed by atoms with van der Waals surface area (Å²) in [6, 6.07) is 17.5. The van der Waals surface area contributed by atoms with Gasteiger partial charge in [0.2, 0.25) is 0 Å². The zero-order valence-electron chi connectivity index (χ0n) is 21.5. The quantitative estimate of drug-likeness (QED) is 0.332. The molecule has 1 fully saturated rings. The number of amides is 1. The summed E-state index contributed by atoms with van der Waals surface area (Å²) in [5.74, 6) is 1.28. The molecule has 2 N–H and O–H groups in total. The number of aromatic nitrogens is 1. The number of aryl methyl sites for hydroxylation is 2. The van der Waals surface area contributed by atoms with Gasteiger partial charge >= 0.3 is 0 Å². The number of carbonyl (C=O) groups is 2. The van der Waals surface area contributed by atoms with Gasteiger partial charge in [0.25, 0.3) is 5.91 Å². The standard InChI is InChI=1S/C31H31N3O4/c1-21-17-25(23-5-7-24(8-6-23)31(36)34-13-2-15-37-16-14-34)18-26-19-28(38-30(21)26)11-10-27(35)9-3-22-4-12-29(32)33-20-22/h3-9,12,17-20H,2,10-11,13-16H2,1H3,(H2,32,33)/b9-3+. The maximum Gasteiger partial charge on any atom is 0.253 e. The second kappa shape index (κ2) is 11.4. The predicted molar refractivity (Wildman–Crippen MR) is 149 cm³/mol. The van der Waals surface area contributed by atoms with Gasteiger partial charge in [-0.05, 0) is 90.2 Å². The fourth-order valence-corrected chi connectivity index (χ4v) is 4.64. The Kier molecular flexibility index (Phi) is 7.65. The Balaban J connectivity index is 1.26. The number of allylic oxidation sites excluding steroid dienone is 1. The average molecular weight is 510 g/mol. The summed E-state index contributed by atoms with van der Waals surface area (Å²) >= 11 is 0. The smallest absolute Gasteiger partial charge is 0.253 e. The molecule has 0 radical (unpaired) electrons. The van der Waals surface area contributed by atoms with Crippen molar-refractivity contribution in [3.8, 4) is 11.1 Å². The number of ether oxygens (including phenoxy) is 1. The zero-order valence-corrected chi connectivity index (χ0v) is 21.5. The van der Waals surface area contributed by atoms with Crippen molar-refractivity contribution in [1.29, 1.82) is 0 Å². The first-order valence-corrected chi connectivity index (χ1v) is 12.9. The van der Waals surface area contributed by atoms with Gasteiger partial charge in [0, 0.05) is 49.7 Å². The van der Waals surface area contributed by atoms with Crippen LogP contribution < -0.4 is 5.73 Å². The predicted octanol–water partition coefficient (Wildman–Crippen LogP) is 5.46. The van der Waals surface area contributed by atoms with Gasteiger partial charge in [0.15, 0.2) is 5.78 Å². The van der Waals surface area contributed by atoms with E-state index in [-0.39, 0.29) is 11.7 Å². The lowest BCUT2D eigenvalue weighted by molar-refractivity contribution is -0.114. The molecule has 1 saturated heterocycles. The van der Waals surface area contributed by atoms with Crippen LogP contribution in [0, 0.1) is 6.92 Å². The van der Waals surface area contributed by atoms with Crippen LogP contribution in [0.5, 0.6) is 0 Å². The van der Waals surface area contributed by atoms with Crippen molar-refractivity contribution in [2.45, 2.75) is 26.2 Å². The SMILES string of the molecule is Cc1cc(-c2ccc(C(=O)N3CCCOCC3)cc2)cc2cc(CCC(=O)/C=C/c3ccc(N)nc3)oc12. The number of carbonyl (C=O) groups excluding carboxylic acids is 2. The van der Waals surface area contributed by atoms with Crippen molar-refractivity contribution in [3.63, 3.8) is 0 Å². The Bertz CT molecular complexity index is 1460. The Morgan fingerprint density at radius 2 is 1.87 bits per heavy atom. The van der Waals surface area contributed by atoms with Gasteiger partial charge in [-0.3, -0.25) is 9.59 Å². The van der Waals surface area contributed by atoms with E-state index in [9.17, 15) is 9.59 Å². The molecule has 4 aromatic rings.